The second kappa shape index (κ2) is 4.89. The van der Waals surface area contributed by atoms with E-state index in [1.807, 2.05) is 13.0 Å². The average Bonchev–Trinajstić information content (AvgIpc) is 2.69. The van der Waals surface area contributed by atoms with Crippen molar-refractivity contribution in [3.8, 4) is 5.75 Å². The Bertz CT molecular complexity index is 606. The van der Waals surface area contributed by atoms with Gasteiger partial charge in [-0.25, -0.2) is 4.39 Å². The minimum Gasteiger partial charge on any atom is -0.484 e. The maximum atomic E-state index is 13.3. The van der Waals surface area contributed by atoms with Crippen molar-refractivity contribution in [2.45, 2.75) is 25.6 Å². The lowest BCUT2D eigenvalue weighted by Gasteiger charge is -2.29. The van der Waals surface area contributed by atoms with E-state index in [0.717, 1.165) is 14.2 Å². The molecule has 1 aliphatic rings. The van der Waals surface area contributed by atoms with Crippen molar-refractivity contribution in [3.05, 3.63) is 49.9 Å². The predicted octanol–water partition coefficient (Wildman–Crippen LogP) is 4.52. The summed E-state index contributed by atoms with van der Waals surface area (Å²) < 4.78 is 20.1. The maximum Gasteiger partial charge on any atom is 0.136 e. The summed E-state index contributed by atoms with van der Waals surface area (Å²) in [5.74, 6) is 0.0843. The monoisotopic (exact) mass is 342 g/mol. The van der Waals surface area contributed by atoms with Crippen LogP contribution in [-0.2, 0) is 0 Å². The van der Waals surface area contributed by atoms with E-state index < -0.39 is 6.10 Å². The molecule has 1 N–H and O–H groups in total. The van der Waals surface area contributed by atoms with Gasteiger partial charge in [-0.2, -0.15) is 0 Å². The molecule has 2 aromatic rings. The third-order valence-electron chi connectivity index (χ3n) is 3.23. The molecule has 0 spiro atoms. The summed E-state index contributed by atoms with van der Waals surface area (Å²) in [6.45, 7) is 2.02. The molecule has 0 saturated carbocycles. The van der Waals surface area contributed by atoms with Crippen LogP contribution in [0, 0.1) is 12.7 Å². The number of hydrogen-bond donors (Lipinski definition) is 1. The molecular formula is C14H12BrFO2S. The largest absolute Gasteiger partial charge is 0.484 e. The SMILES string of the molecule is Cc1sc(C2C[C@H](O)c3ccc(F)cc3O2)cc1Br. The lowest BCUT2D eigenvalue weighted by Crippen LogP contribution is -2.18. The van der Waals surface area contributed by atoms with Gasteiger partial charge in [0, 0.05) is 32.3 Å². The molecule has 0 saturated heterocycles. The van der Waals surface area contributed by atoms with Crippen LogP contribution in [0.4, 0.5) is 4.39 Å². The van der Waals surface area contributed by atoms with Crippen LogP contribution in [0.5, 0.6) is 5.75 Å². The summed E-state index contributed by atoms with van der Waals surface area (Å²) in [5, 5.41) is 10.2. The number of fused-ring (bicyclic) bond motifs is 1. The van der Waals surface area contributed by atoms with Gasteiger partial charge in [-0.3, -0.25) is 0 Å². The Morgan fingerprint density at radius 1 is 1.42 bits per heavy atom. The third-order valence-corrected chi connectivity index (χ3v) is 5.46. The van der Waals surface area contributed by atoms with Gasteiger partial charge in [0.05, 0.1) is 6.10 Å². The summed E-state index contributed by atoms with van der Waals surface area (Å²) in [4.78, 5) is 2.21. The first-order valence-electron chi connectivity index (χ1n) is 5.94. The zero-order valence-corrected chi connectivity index (χ0v) is 12.6. The van der Waals surface area contributed by atoms with Gasteiger partial charge in [0.1, 0.15) is 17.7 Å². The van der Waals surface area contributed by atoms with E-state index in [0.29, 0.717) is 17.7 Å². The number of benzene rings is 1. The molecule has 19 heavy (non-hydrogen) atoms. The highest BCUT2D eigenvalue weighted by Gasteiger charge is 2.29. The summed E-state index contributed by atoms with van der Waals surface area (Å²) in [5.41, 5.74) is 0.657. The highest BCUT2D eigenvalue weighted by Crippen LogP contribution is 2.43. The van der Waals surface area contributed by atoms with Crippen LogP contribution in [0.15, 0.2) is 28.7 Å². The van der Waals surface area contributed by atoms with E-state index in [-0.39, 0.29) is 11.9 Å². The second-order valence-electron chi connectivity index (χ2n) is 4.59. The van der Waals surface area contributed by atoms with E-state index >= 15 is 0 Å². The number of hydrogen-bond acceptors (Lipinski definition) is 3. The normalized spacial score (nSPS) is 21.9. The molecule has 0 amide bonds. The van der Waals surface area contributed by atoms with Crippen molar-refractivity contribution in [1.29, 1.82) is 0 Å². The highest BCUT2D eigenvalue weighted by molar-refractivity contribution is 9.10. The molecule has 3 rings (SSSR count). The number of aliphatic hydroxyl groups is 1. The molecule has 0 fully saturated rings. The van der Waals surface area contributed by atoms with Gasteiger partial charge in [-0.15, -0.1) is 11.3 Å². The van der Waals surface area contributed by atoms with Crippen LogP contribution in [0.25, 0.3) is 0 Å². The molecular weight excluding hydrogens is 331 g/mol. The van der Waals surface area contributed by atoms with Gasteiger partial charge in [0.25, 0.3) is 0 Å². The minimum absolute atomic E-state index is 0.223. The van der Waals surface area contributed by atoms with Crippen LogP contribution >= 0.6 is 27.3 Å². The molecule has 1 aromatic carbocycles. The molecule has 2 nitrogen and oxygen atoms in total. The number of ether oxygens (including phenoxy) is 1. The molecule has 1 aliphatic heterocycles. The lowest BCUT2D eigenvalue weighted by atomic mass is 9.98. The van der Waals surface area contributed by atoms with E-state index in [9.17, 15) is 9.50 Å². The number of aryl methyl sites for hydroxylation is 1. The van der Waals surface area contributed by atoms with Gasteiger partial charge in [0.15, 0.2) is 0 Å². The Kier molecular flexibility index (Phi) is 3.37. The summed E-state index contributed by atoms with van der Waals surface area (Å²) in [6, 6.07) is 6.26. The van der Waals surface area contributed by atoms with E-state index in [1.165, 1.54) is 12.1 Å². The van der Waals surface area contributed by atoms with Crippen LogP contribution in [-0.4, -0.2) is 5.11 Å². The molecule has 2 heterocycles. The molecule has 2 atom stereocenters. The van der Waals surface area contributed by atoms with Crippen molar-refractivity contribution in [1.82, 2.24) is 0 Å². The number of halogens is 2. The lowest BCUT2D eigenvalue weighted by molar-refractivity contribution is 0.0670. The van der Waals surface area contributed by atoms with E-state index in [2.05, 4.69) is 15.9 Å². The molecule has 100 valence electrons. The standard InChI is InChI=1S/C14H12BrFO2S/c1-7-10(15)5-14(19-7)13-6-11(17)9-3-2-8(16)4-12(9)18-13/h2-5,11,13,17H,6H2,1H3/t11-,13?/m0/s1. The molecule has 0 aliphatic carbocycles. The fourth-order valence-electron chi connectivity index (χ4n) is 2.23. The van der Waals surface area contributed by atoms with Gasteiger partial charge < -0.3 is 9.84 Å². The van der Waals surface area contributed by atoms with Crippen molar-refractivity contribution < 1.29 is 14.2 Å². The van der Waals surface area contributed by atoms with E-state index in [4.69, 9.17) is 4.74 Å². The van der Waals surface area contributed by atoms with Crippen LogP contribution in [0.1, 0.15) is 33.9 Å². The van der Waals surface area contributed by atoms with Gasteiger partial charge in [-0.05, 0) is 41.1 Å². The maximum absolute atomic E-state index is 13.3. The molecule has 5 heteroatoms. The van der Waals surface area contributed by atoms with Crippen molar-refractivity contribution in [2.24, 2.45) is 0 Å². The van der Waals surface area contributed by atoms with Gasteiger partial charge >= 0.3 is 0 Å². The quantitative estimate of drug-likeness (QED) is 0.825. The number of thiophene rings is 1. The first kappa shape index (κ1) is 13.1. The Labute approximate surface area is 123 Å². The molecule has 0 radical (unpaired) electrons. The summed E-state index contributed by atoms with van der Waals surface area (Å²) in [6.07, 6.45) is -0.347. The Hall–Kier alpha value is -0.910. The summed E-state index contributed by atoms with van der Waals surface area (Å²) >= 11 is 5.10. The molecule has 0 bridgehead atoms. The first-order valence-corrected chi connectivity index (χ1v) is 7.55. The van der Waals surface area contributed by atoms with E-state index in [1.54, 1.807) is 17.4 Å². The summed E-state index contributed by atoms with van der Waals surface area (Å²) in [7, 11) is 0. The fourth-order valence-corrected chi connectivity index (χ4v) is 3.83. The Balaban J connectivity index is 1.96. The number of rotatable bonds is 1. The van der Waals surface area contributed by atoms with Crippen molar-refractivity contribution in [3.63, 3.8) is 0 Å². The third kappa shape index (κ3) is 2.42. The Morgan fingerprint density at radius 2 is 2.21 bits per heavy atom. The second-order valence-corrected chi connectivity index (χ2v) is 6.74. The van der Waals surface area contributed by atoms with Crippen LogP contribution in [0.3, 0.4) is 0 Å². The topological polar surface area (TPSA) is 29.5 Å². The predicted molar refractivity (Wildman–Crippen MR) is 76.1 cm³/mol. The van der Waals surface area contributed by atoms with Crippen molar-refractivity contribution >= 4 is 27.3 Å². The van der Waals surface area contributed by atoms with Crippen LogP contribution < -0.4 is 4.74 Å². The van der Waals surface area contributed by atoms with Crippen molar-refractivity contribution in [2.75, 3.05) is 0 Å². The fraction of sp³-hybridized carbons (Fsp3) is 0.286. The highest BCUT2D eigenvalue weighted by atomic mass is 79.9. The average molecular weight is 343 g/mol. The van der Waals surface area contributed by atoms with Crippen LogP contribution in [0.2, 0.25) is 0 Å². The number of aliphatic hydroxyl groups excluding tert-OH is 1. The minimum atomic E-state index is -0.615. The zero-order chi connectivity index (χ0) is 13.6. The van der Waals surface area contributed by atoms with Gasteiger partial charge in [-0.1, -0.05) is 0 Å². The molecule has 1 unspecified atom stereocenters. The Morgan fingerprint density at radius 3 is 2.89 bits per heavy atom. The van der Waals surface area contributed by atoms with Gasteiger partial charge in [0.2, 0.25) is 0 Å². The zero-order valence-electron chi connectivity index (χ0n) is 10.2. The smallest absolute Gasteiger partial charge is 0.136 e. The first-order chi connectivity index (χ1) is 9.04. The molecule has 1 aromatic heterocycles.